The molecule has 0 aromatic carbocycles. The molecular formula is C12H25NO2. The van der Waals surface area contributed by atoms with Gasteiger partial charge in [0.1, 0.15) is 0 Å². The summed E-state index contributed by atoms with van der Waals surface area (Å²) in [5.41, 5.74) is 0. The highest BCUT2D eigenvalue weighted by Gasteiger charge is 2.25. The van der Waals surface area contributed by atoms with Crippen LogP contribution >= 0.6 is 0 Å². The molecule has 1 aliphatic rings. The molecule has 1 heterocycles. The zero-order valence-corrected chi connectivity index (χ0v) is 10.3. The van der Waals surface area contributed by atoms with Crippen LogP contribution in [0.15, 0.2) is 0 Å². The van der Waals surface area contributed by atoms with Gasteiger partial charge in [0.25, 0.3) is 0 Å². The van der Waals surface area contributed by atoms with Gasteiger partial charge >= 0.3 is 0 Å². The van der Waals surface area contributed by atoms with Gasteiger partial charge in [0, 0.05) is 19.7 Å². The van der Waals surface area contributed by atoms with Crippen LogP contribution in [0.1, 0.15) is 33.6 Å². The van der Waals surface area contributed by atoms with Crippen LogP contribution in [0, 0.1) is 5.92 Å². The van der Waals surface area contributed by atoms with Gasteiger partial charge in [-0.1, -0.05) is 6.92 Å². The van der Waals surface area contributed by atoms with E-state index in [0.29, 0.717) is 18.1 Å². The summed E-state index contributed by atoms with van der Waals surface area (Å²) in [5.74, 6) is 0.703. The van der Waals surface area contributed by atoms with Crippen molar-refractivity contribution in [1.82, 2.24) is 5.32 Å². The van der Waals surface area contributed by atoms with E-state index in [9.17, 15) is 0 Å². The first-order valence-corrected chi connectivity index (χ1v) is 6.18. The minimum absolute atomic E-state index is 0.338. The fraction of sp³-hybridized carbons (Fsp3) is 1.00. The Morgan fingerprint density at radius 2 is 2.27 bits per heavy atom. The van der Waals surface area contributed by atoms with Gasteiger partial charge in [-0.15, -0.1) is 0 Å². The third-order valence-corrected chi connectivity index (χ3v) is 2.89. The Morgan fingerprint density at radius 3 is 2.93 bits per heavy atom. The maximum atomic E-state index is 5.64. The highest BCUT2D eigenvalue weighted by Crippen LogP contribution is 2.22. The van der Waals surface area contributed by atoms with E-state index in [1.165, 1.54) is 6.42 Å². The summed E-state index contributed by atoms with van der Waals surface area (Å²) in [5, 5.41) is 3.44. The third kappa shape index (κ3) is 4.96. The molecule has 15 heavy (non-hydrogen) atoms. The van der Waals surface area contributed by atoms with E-state index in [1.54, 1.807) is 0 Å². The van der Waals surface area contributed by atoms with Gasteiger partial charge < -0.3 is 14.8 Å². The summed E-state index contributed by atoms with van der Waals surface area (Å²) < 4.78 is 11.1. The smallest absolute Gasteiger partial charge is 0.0613 e. The van der Waals surface area contributed by atoms with Crippen molar-refractivity contribution in [3.63, 3.8) is 0 Å². The first kappa shape index (κ1) is 12.9. The predicted molar refractivity (Wildman–Crippen MR) is 62.1 cm³/mol. The third-order valence-electron chi connectivity index (χ3n) is 2.89. The first-order valence-electron chi connectivity index (χ1n) is 6.18. The largest absolute Gasteiger partial charge is 0.378 e. The van der Waals surface area contributed by atoms with Gasteiger partial charge in [-0.05, 0) is 32.6 Å². The molecule has 2 atom stereocenters. The van der Waals surface area contributed by atoms with E-state index >= 15 is 0 Å². The summed E-state index contributed by atoms with van der Waals surface area (Å²) >= 11 is 0. The van der Waals surface area contributed by atoms with Crippen LogP contribution in [-0.4, -0.2) is 38.5 Å². The average molecular weight is 215 g/mol. The Kier molecular flexibility index (Phi) is 6.22. The summed E-state index contributed by atoms with van der Waals surface area (Å²) in [6, 6.07) is 0. The Morgan fingerprint density at radius 1 is 1.47 bits per heavy atom. The molecule has 1 N–H and O–H groups in total. The molecule has 0 spiro atoms. The van der Waals surface area contributed by atoms with Crippen LogP contribution in [0.3, 0.4) is 0 Å². The van der Waals surface area contributed by atoms with Crippen LogP contribution in [0.2, 0.25) is 0 Å². The second-order valence-electron chi connectivity index (χ2n) is 4.49. The molecule has 0 aliphatic carbocycles. The molecule has 0 amide bonds. The average Bonchev–Trinajstić information content (AvgIpc) is 2.64. The lowest BCUT2D eigenvalue weighted by atomic mass is 10.00. The first-order chi connectivity index (χ1) is 7.24. The van der Waals surface area contributed by atoms with Crippen molar-refractivity contribution in [2.24, 2.45) is 5.92 Å². The highest BCUT2D eigenvalue weighted by molar-refractivity contribution is 4.76. The molecule has 1 saturated heterocycles. The van der Waals surface area contributed by atoms with Gasteiger partial charge in [0.15, 0.2) is 0 Å². The maximum Gasteiger partial charge on any atom is 0.0613 e. The van der Waals surface area contributed by atoms with Crippen molar-refractivity contribution in [2.75, 3.05) is 26.3 Å². The minimum Gasteiger partial charge on any atom is -0.378 e. The van der Waals surface area contributed by atoms with E-state index in [-0.39, 0.29) is 0 Å². The van der Waals surface area contributed by atoms with Gasteiger partial charge in [0.05, 0.1) is 18.8 Å². The molecule has 1 fully saturated rings. The Bertz CT molecular complexity index is 162. The van der Waals surface area contributed by atoms with Crippen LogP contribution in [0.25, 0.3) is 0 Å². The van der Waals surface area contributed by atoms with Crippen LogP contribution in [0.4, 0.5) is 0 Å². The maximum absolute atomic E-state index is 5.64. The molecule has 0 saturated carbocycles. The number of nitrogens with one attached hydrogen (secondary N) is 1. The lowest BCUT2D eigenvalue weighted by molar-refractivity contribution is 0.0748. The van der Waals surface area contributed by atoms with E-state index in [4.69, 9.17) is 9.47 Å². The fourth-order valence-electron chi connectivity index (χ4n) is 2.03. The topological polar surface area (TPSA) is 30.5 Å². The number of ether oxygens (including phenoxy) is 2. The number of hydrogen-bond donors (Lipinski definition) is 1. The van der Waals surface area contributed by atoms with Crippen LogP contribution in [-0.2, 0) is 9.47 Å². The normalized spacial score (nSPS) is 26.4. The Labute approximate surface area is 93.5 Å². The summed E-state index contributed by atoms with van der Waals surface area (Å²) in [4.78, 5) is 0. The standard InChI is InChI=1S/C12H25NO2/c1-4-12-11(5-7-15-12)9-13-6-8-14-10(2)3/h10-13H,4-9H2,1-3H3. The second kappa shape index (κ2) is 7.20. The lowest BCUT2D eigenvalue weighted by Gasteiger charge is -2.17. The molecular weight excluding hydrogens is 190 g/mol. The molecule has 3 nitrogen and oxygen atoms in total. The van der Waals surface area contributed by atoms with Crippen LogP contribution < -0.4 is 5.32 Å². The number of rotatable bonds is 7. The monoisotopic (exact) mass is 215 g/mol. The quantitative estimate of drug-likeness (QED) is 0.657. The molecule has 3 heteroatoms. The molecule has 0 aromatic heterocycles. The number of hydrogen-bond acceptors (Lipinski definition) is 3. The molecule has 90 valence electrons. The van der Waals surface area contributed by atoms with Gasteiger partial charge in [0.2, 0.25) is 0 Å². The van der Waals surface area contributed by atoms with Crippen molar-refractivity contribution in [3.05, 3.63) is 0 Å². The predicted octanol–water partition coefficient (Wildman–Crippen LogP) is 1.82. The van der Waals surface area contributed by atoms with Crippen molar-refractivity contribution in [3.8, 4) is 0 Å². The Hall–Kier alpha value is -0.120. The zero-order chi connectivity index (χ0) is 11.1. The molecule has 1 rings (SSSR count). The van der Waals surface area contributed by atoms with Gasteiger partial charge in [-0.3, -0.25) is 0 Å². The van der Waals surface area contributed by atoms with Crippen molar-refractivity contribution < 1.29 is 9.47 Å². The van der Waals surface area contributed by atoms with Crippen LogP contribution in [0.5, 0.6) is 0 Å². The molecule has 2 unspecified atom stereocenters. The van der Waals surface area contributed by atoms with Crippen molar-refractivity contribution >= 4 is 0 Å². The molecule has 0 aromatic rings. The van der Waals surface area contributed by atoms with E-state index < -0.39 is 0 Å². The lowest BCUT2D eigenvalue weighted by Crippen LogP contribution is -2.30. The van der Waals surface area contributed by atoms with Crippen molar-refractivity contribution in [1.29, 1.82) is 0 Å². The molecule has 0 bridgehead atoms. The molecule has 0 radical (unpaired) electrons. The van der Waals surface area contributed by atoms with Gasteiger partial charge in [-0.25, -0.2) is 0 Å². The molecule has 1 aliphatic heterocycles. The zero-order valence-electron chi connectivity index (χ0n) is 10.3. The van der Waals surface area contributed by atoms with Gasteiger partial charge in [-0.2, -0.15) is 0 Å². The fourth-order valence-corrected chi connectivity index (χ4v) is 2.03. The van der Waals surface area contributed by atoms with Crippen molar-refractivity contribution in [2.45, 2.75) is 45.8 Å². The second-order valence-corrected chi connectivity index (χ2v) is 4.49. The van der Waals surface area contributed by atoms with E-state index in [1.807, 2.05) is 0 Å². The minimum atomic E-state index is 0.338. The highest BCUT2D eigenvalue weighted by atomic mass is 16.5. The SMILES string of the molecule is CCC1OCCC1CNCCOC(C)C. The Balaban J connectivity index is 1.99. The summed E-state index contributed by atoms with van der Waals surface area (Å²) in [7, 11) is 0. The summed E-state index contributed by atoms with van der Waals surface area (Å²) in [6.07, 6.45) is 3.15. The summed E-state index contributed by atoms with van der Waals surface area (Å²) in [6.45, 7) is 10.1. The van der Waals surface area contributed by atoms with E-state index in [2.05, 4.69) is 26.1 Å². The van der Waals surface area contributed by atoms with E-state index in [0.717, 1.165) is 32.7 Å².